The molecule has 0 bridgehead atoms. The van der Waals surface area contributed by atoms with Gasteiger partial charge in [0.05, 0.1) is 7.11 Å². The second-order valence-electron chi connectivity index (χ2n) is 15.0. The number of hydrogen-bond donors (Lipinski definition) is 0. The minimum atomic E-state index is -2.94. The van der Waals surface area contributed by atoms with Gasteiger partial charge in [-0.3, -0.25) is 0 Å². The zero-order valence-electron chi connectivity index (χ0n) is 31.8. The smallest absolute Gasteiger partial charge is 0.0580 e. The number of benzene rings is 7. The fraction of sp³-hybridized carbons (Fsp3) is 0.154. The van der Waals surface area contributed by atoms with Gasteiger partial charge < -0.3 is 4.74 Å². The summed E-state index contributed by atoms with van der Waals surface area (Å²) in [5.41, 5.74) is 9.21. The van der Waals surface area contributed by atoms with E-state index in [1.807, 2.05) is 11.8 Å². The number of methoxy groups -OCH3 is 1. The van der Waals surface area contributed by atoms with E-state index >= 15 is 0 Å². The Morgan fingerprint density at radius 3 is 1.91 bits per heavy atom. The first kappa shape index (κ1) is 36.8. The predicted molar refractivity (Wildman–Crippen MR) is 246 cm³/mol. The Hall–Kier alpha value is -4.84. The summed E-state index contributed by atoms with van der Waals surface area (Å²) in [5, 5.41) is 3.60. The number of fused-ring (bicyclic) bond motifs is 5. The topological polar surface area (TPSA) is 9.23 Å². The molecule has 0 fully saturated rings. The van der Waals surface area contributed by atoms with Crippen LogP contribution in [0.15, 0.2) is 174 Å². The molecule has 4 heteroatoms. The fourth-order valence-corrected chi connectivity index (χ4v) is 18.0. The van der Waals surface area contributed by atoms with Gasteiger partial charge in [-0.25, -0.2) is 0 Å². The first-order valence-electron chi connectivity index (χ1n) is 19.6. The third kappa shape index (κ3) is 6.24. The molecule has 0 amide bonds. The molecule has 56 heavy (non-hydrogen) atoms. The van der Waals surface area contributed by atoms with Crippen molar-refractivity contribution in [2.75, 3.05) is 13.3 Å². The van der Waals surface area contributed by atoms with Crippen LogP contribution in [0.3, 0.4) is 0 Å². The molecule has 2 aliphatic rings. The Bertz CT molecular complexity index is 2580. The molecular weight excluding hydrogens is 784 g/mol. The molecule has 1 heterocycles. The third-order valence-electron chi connectivity index (χ3n) is 11.7. The maximum absolute atomic E-state index is 5.91. The van der Waals surface area contributed by atoms with Crippen LogP contribution in [0, 0.1) is 17.8 Å². The van der Waals surface area contributed by atoms with E-state index in [9.17, 15) is 0 Å². The molecule has 0 saturated carbocycles. The molecule has 7 aromatic rings. The second kappa shape index (κ2) is 15.2. The summed E-state index contributed by atoms with van der Waals surface area (Å²) in [4.78, 5) is 2.60. The van der Waals surface area contributed by atoms with Gasteiger partial charge in [0.25, 0.3) is 0 Å². The molecule has 276 valence electrons. The van der Waals surface area contributed by atoms with Gasteiger partial charge in [-0.1, -0.05) is 43.3 Å². The molecule has 0 saturated heterocycles. The van der Waals surface area contributed by atoms with Crippen LogP contribution in [0.25, 0.3) is 21.9 Å². The summed E-state index contributed by atoms with van der Waals surface area (Å²) < 4.78 is 5.91. The quantitative estimate of drug-likeness (QED) is 0.0857. The maximum atomic E-state index is 5.91. The molecule has 0 N–H and O–H groups in total. The van der Waals surface area contributed by atoms with E-state index in [1.54, 1.807) is 7.11 Å². The summed E-state index contributed by atoms with van der Waals surface area (Å²) in [7, 11) is 1.78. The monoisotopic (exact) mass is 826 g/mol. The average Bonchev–Trinajstić information content (AvgIpc) is 3.59. The molecule has 1 atom stereocenters. The number of unbranched alkanes of at least 4 members (excludes halogenated alkanes) is 2. The van der Waals surface area contributed by atoms with Crippen LogP contribution >= 0.6 is 32.6 Å². The molecule has 1 nitrogen and oxygen atoms in total. The van der Waals surface area contributed by atoms with E-state index in [0.29, 0.717) is 5.92 Å². The van der Waals surface area contributed by atoms with Crippen molar-refractivity contribution < 1.29 is 4.74 Å². The van der Waals surface area contributed by atoms with E-state index in [2.05, 4.69) is 198 Å². The van der Waals surface area contributed by atoms with Gasteiger partial charge >= 0.3 is 250 Å². The molecule has 1 aliphatic heterocycles. The second-order valence-corrected chi connectivity index (χ2v) is 25.2. The van der Waals surface area contributed by atoms with Crippen molar-refractivity contribution in [2.45, 2.75) is 42.4 Å². The molecule has 9 rings (SSSR count). The zero-order chi connectivity index (χ0) is 38.1. The van der Waals surface area contributed by atoms with Gasteiger partial charge in [0.1, 0.15) is 5.75 Å². The Morgan fingerprint density at radius 1 is 0.661 bits per heavy atom. The zero-order valence-corrected chi connectivity index (χ0v) is 35.1. The molecule has 7 aromatic carbocycles. The summed E-state index contributed by atoms with van der Waals surface area (Å²) in [5.74, 6) is 8.53. The van der Waals surface area contributed by atoms with Gasteiger partial charge in [-0.15, -0.1) is 0 Å². The van der Waals surface area contributed by atoms with Crippen molar-refractivity contribution in [2.24, 2.45) is 5.92 Å². The van der Waals surface area contributed by atoms with Crippen molar-refractivity contribution >= 4 is 70.4 Å². The summed E-state index contributed by atoms with van der Waals surface area (Å²) in [6, 6.07) is 60.1. The minimum absolute atomic E-state index is 0.366. The van der Waals surface area contributed by atoms with Gasteiger partial charge in [0.15, 0.2) is 0 Å². The van der Waals surface area contributed by atoms with E-state index < -0.39 is 5.31 Å². The molecular formula is C52H44BrOPS. The van der Waals surface area contributed by atoms with Crippen molar-refractivity contribution in [3.05, 3.63) is 192 Å². The van der Waals surface area contributed by atoms with E-state index in [1.165, 1.54) is 69.9 Å². The molecule has 0 aromatic heterocycles. The van der Waals surface area contributed by atoms with Crippen molar-refractivity contribution in [3.8, 4) is 17.6 Å². The van der Waals surface area contributed by atoms with Gasteiger partial charge in [0.2, 0.25) is 0 Å². The molecule has 0 spiro atoms. The Kier molecular flexibility index (Phi) is 10.0. The number of halogens is 1. The first-order valence-corrected chi connectivity index (χ1v) is 24.9. The van der Waals surface area contributed by atoms with E-state index in [0.717, 1.165) is 43.2 Å². The number of allylic oxidation sites excluding steroid dienone is 1. The van der Waals surface area contributed by atoms with Crippen LogP contribution < -0.4 is 20.7 Å². The standard InChI is InChI=1S/C52H44BrOPS/c1-37-34-39-36-47(54-2)43-27-15-16-28-44(43)51(39)50(37)52-45-29-17-18-30-48(45)56-49-32-31-38(35-46(49)52)20-8-3-4-19-33-55(53,40-21-9-5-10-22-40,41-23-11-6-12-24-41)42-25-13-7-14-26-42/h5-7,9-18,21-32,35-37H,3-4,19,33-34H2,1-2H3. The average molecular weight is 828 g/mol. The van der Waals surface area contributed by atoms with E-state index in [-0.39, 0.29) is 0 Å². The van der Waals surface area contributed by atoms with Crippen LogP contribution in [0.4, 0.5) is 0 Å². The number of rotatable bonds is 8. The SMILES string of the molecule is COc1cc2c(c3ccccc13)C(=C1c3ccccc3Sc3ccc(C#CCCCCP(Br)(c4ccccc4)(c4ccccc4)c4ccccc4)cc31)C(C)C2. The Morgan fingerprint density at radius 2 is 1.25 bits per heavy atom. The van der Waals surface area contributed by atoms with E-state index in [4.69, 9.17) is 4.74 Å². The molecule has 1 aliphatic carbocycles. The van der Waals surface area contributed by atoms with Gasteiger partial charge in [0, 0.05) is 5.39 Å². The van der Waals surface area contributed by atoms with Crippen molar-refractivity contribution in [3.63, 3.8) is 0 Å². The van der Waals surface area contributed by atoms with Crippen LogP contribution in [-0.2, 0) is 6.42 Å². The third-order valence-corrected chi connectivity index (χ3v) is 22.9. The van der Waals surface area contributed by atoms with Crippen LogP contribution in [0.5, 0.6) is 5.75 Å². The predicted octanol–water partition coefficient (Wildman–Crippen LogP) is 12.8. The number of hydrogen-bond acceptors (Lipinski definition) is 2. The molecule has 0 radical (unpaired) electrons. The van der Waals surface area contributed by atoms with Gasteiger partial charge in [-0.05, 0) is 29.5 Å². The Balaban J connectivity index is 1.05. The van der Waals surface area contributed by atoms with Crippen molar-refractivity contribution in [1.29, 1.82) is 0 Å². The normalized spacial score (nSPS) is 16.5. The summed E-state index contributed by atoms with van der Waals surface area (Å²) in [6.45, 7) is 2.39. The first-order chi connectivity index (χ1) is 27.5. The van der Waals surface area contributed by atoms with Crippen LogP contribution in [0.2, 0.25) is 0 Å². The number of ether oxygens (including phenoxy) is 1. The van der Waals surface area contributed by atoms with Gasteiger partial charge in [-0.2, -0.15) is 0 Å². The van der Waals surface area contributed by atoms with Crippen LogP contribution in [0.1, 0.15) is 54.0 Å². The summed E-state index contributed by atoms with van der Waals surface area (Å²) >= 11 is 6.49. The summed E-state index contributed by atoms with van der Waals surface area (Å²) in [6.07, 6.45) is 4.95. The molecule has 1 unspecified atom stereocenters. The minimum Gasteiger partial charge on any atom is -0.0580 e. The van der Waals surface area contributed by atoms with Crippen LogP contribution in [-0.4, -0.2) is 13.3 Å². The Labute approximate surface area is 343 Å². The van der Waals surface area contributed by atoms with Crippen molar-refractivity contribution in [1.82, 2.24) is 0 Å². The fourth-order valence-electron chi connectivity index (χ4n) is 9.14.